The van der Waals surface area contributed by atoms with E-state index < -0.39 is 0 Å². The van der Waals surface area contributed by atoms with Crippen molar-refractivity contribution < 1.29 is 9.18 Å². The van der Waals surface area contributed by atoms with E-state index in [4.69, 9.17) is 0 Å². The Kier molecular flexibility index (Phi) is 6.18. The molecule has 0 N–H and O–H groups in total. The number of amides is 1. The Morgan fingerprint density at radius 3 is 2.76 bits per heavy atom. The fourth-order valence-corrected chi connectivity index (χ4v) is 2.73. The summed E-state index contributed by atoms with van der Waals surface area (Å²) in [6.07, 6.45) is 4.93. The van der Waals surface area contributed by atoms with Crippen molar-refractivity contribution in [2.75, 3.05) is 33.2 Å². The third-order valence-electron chi connectivity index (χ3n) is 4.14. The smallest absolute Gasteiger partial charge is 0.222 e. The molecule has 0 atom stereocenters. The van der Waals surface area contributed by atoms with Gasteiger partial charge in [0.1, 0.15) is 5.82 Å². The highest BCUT2D eigenvalue weighted by Crippen LogP contribution is 2.09. The molecule has 1 heterocycles. The van der Waals surface area contributed by atoms with Crippen LogP contribution in [-0.4, -0.2) is 48.9 Å². The molecule has 116 valence electrons. The summed E-state index contributed by atoms with van der Waals surface area (Å²) in [7, 11) is 1.86. The Balaban J connectivity index is 1.69. The summed E-state index contributed by atoms with van der Waals surface area (Å²) in [5, 5.41) is 0. The number of aryl methyl sites for hydroxylation is 1. The molecule has 21 heavy (non-hydrogen) atoms. The van der Waals surface area contributed by atoms with Gasteiger partial charge in [0.25, 0.3) is 0 Å². The van der Waals surface area contributed by atoms with Gasteiger partial charge in [-0.05, 0) is 50.0 Å². The SMILES string of the molecule is CN(CCN1CCCCC1)C(=O)CCc1cccc(F)c1. The van der Waals surface area contributed by atoms with Crippen molar-refractivity contribution in [3.8, 4) is 0 Å². The average molecular weight is 292 g/mol. The monoisotopic (exact) mass is 292 g/mol. The van der Waals surface area contributed by atoms with Gasteiger partial charge in [-0.1, -0.05) is 18.6 Å². The lowest BCUT2D eigenvalue weighted by Crippen LogP contribution is -2.38. The Bertz CT molecular complexity index is 458. The molecule has 1 fully saturated rings. The van der Waals surface area contributed by atoms with E-state index in [2.05, 4.69) is 4.90 Å². The number of piperidine rings is 1. The van der Waals surface area contributed by atoms with Gasteiger partial charge in [-0.2, -0.15) is 0 Å². The van der Waals surface area contributed by atoms with Crippen LogP contribution in [0.15, 0.2) is 24.3 Å². The highest BCUT2D eigenvalue weighted by Gasteiger charge is 2.13. The van der Waals surface area contributed by atoms with Crippen LogP contribution in [0.3, 0.4) is 0 Å². The molecule has 1 aromatic carbocycles. The lowest BCUT2D eigenvalue weighted by Gasteiger charge is -2.28. The van der Waals surface area contributed by atoms with Gasteiger partial charge in [0.05, 0.1) is 0 Å². The summed E-state index contributed by atoms with van der Waals surface area (Å²) in [5.41, 5.74) is 0.882. The quantitative estimate of drug-likeness (QED) is 0.805. The molecule has 0 unspecified atom stereocenters. The minimum atomic E-state index is -0.238. The molecule has 0 saturated carbocycles. The number of likely N-dealkylation sites (tertiary alicyclic amines) is 1. The lowest BCUT2D eigenvalue weighted by atomic mass is 10.1. The van der Waals surface area contributed by atoms with Gasteiger partial charge < -0.3 is 9.80 Å². The Labute approximate surface area is 126 Å². The first-order valence-electron chi connectivity index (χ1n) is 7.86. The Hall–Kier alpha value is -1.42. The average Bonchev–Trinajstić information content (AvgIpc) is 2.51. The second kappa shape index (κ2) is 8.13. The van der Waals surface area contributed by atoms with Crippen molar-refractivity contribution in [3.63, 3.8) is 0 Å². The van der Waals surface area contributed by atoms with E-state index in [1.165, 1.54) is 31.4 Å². The third kappa shape index (κ3) is 5.46. The number of benzene rings is 1. The topological polar surface area (TPSA) is 23.6 Å². The van der Waals surface area contributed by atoms with Crippen LogP contribution in [0.1, 0.15) is 31.2 Å². The number of likely N-dealkylation sites (N-methyl/N-ethyl adjacent to an activating group) is 1. The molecule has 1 aliphatic rings. The lowest BCUT2D eigenvalue weighted by molar-refractivity contribution is -0.130. The Morgan fingerprint density at radius 2 is 2.05 bits per heavy atom. The molecule has 1 aliphatic heterocycles. The number of carbonyl (C=O) groups excluding carboxylic acids is 1. The van der Waals surface area contributed by atoms with E-state index in [1.54, 1.807) is 11.0 Å². The number of hydrogen-bond acceptors (Lipinski definition) is 2. The standard InChI is InChI=1S/C17H25FN2O/c1-19(12-13-20-10-3-2-4-11-20)17(21)9-8-15-6-5-7-16(18)14-15/h5-7,14H,2-4,8-13H2,1H3. The molecule has 0 bridgehead atoms. The maximum atomic E-state index is 13.1. The van der Waals surface area contributed by atoms with E-state index in [9.17, 15) is 9.18 Å². The number of hydrogen-bond donors (Lipinski definition) is 0. The fraction of sp³-hybridized carbons (Fsp3) is 0.588. The summed E-state index contributed by atoms with van der Waals surface area (Å²) < 4.78 is 13.1. The summed E-state index contributed by atoms with van der Waals surface area (Å²) in [6, 6.07) is 6.48. The van der Waals surface area contributed by atoms with E-state index in [0.717, 1.165) is 31.7 Å². The summed E-state index contributed by atoms with van der Waals surface area (Å²) in [4.78, 5) is 16.3. The normalized spacial score (nSPS) is 15.9. The summed E-state index contributed by atoms with van der Waals surface area (Å²) >= 11 is 0. The molecule has 0 aliphatic carbocycles. The van der Waals surface area contributed by atoms with E-state index >= 15 is 0 Å². The zero-order chi connectivity index (χ0) is 15.1. The van der Waals surface area contributed by atoms with Crippen LogP contribution in [0.2, 0.25) is 0 Å². The van der Waals surface area contributed by atoms with Crippen molar-refractivity contribution in [2.24, 2.45) is 0 Å². The zero-order valence-electron chi connectivity index (χ0n) is 12.9. The number of halogens is 1. The first-order valence-corrected chi connectivity index (χ1v) is 7.86. The van der Waals surface area contributed by atoms with Crippen LogP contribution in [0.5, 0.6) is 0 Å². The number of nitrogens with zero attached hydrogens (tertiary/aromatic N) is 2. The molecule has 1 saturated heterocycles. The predicted octanol–water partition coefficient (Wildman–Crippen LogP) is 2.70. The summed E-state index contributed by atoms with van der Waals surface area (Å²) in [5.74, 6) is -0.102. The van der Waals surface area contributed by atoms with Crippen molar-refractivity contribution in [3.05, 3.63) is 35.6 Å². The molecular formula is C17H25FN2O. The molecule has 1 aromatic rings. The maximum absolute atomic E-state index is 13.1. The molecule has 0 radical (unpaired) electrons. The number of rotatable bonds is 6. The van der Waals surface area contributed by atoms with E-state index in [-0.39, 0.29) is 11.7 Å². The second-order valence-corrected chi connectivity index (χ2v) is 5.85. The molecule has 0 spiro atoms. The molecule has 3 nitrogen and oxygen atoms in total. The van der Waals surface area contributed by atoms with Crippen LogP contribution < -0.4 is 0 Å². The highest BCUT2D eigenvalue weighted by molar-refractivity contribution is 5.76. The molecular weight excluding hydrogens is 267 g/mol. The van der Waals surface area contributed by atoms with Crippen molar-refractivity contribution in [1.82, 2.24) is 9.80 Å². The van der Waals surface area contributed by atoms with E-state index in [1.807, 2.05) is 13.1 Å². The molecule has 0 aromatic heterocycles. The van der Waals surface area contributed by atoms with Crippen LogP contribution in [0.25, 0.3) is 0 Å². The molecule has 4 heteroatoms. The van der Waals surface area contributed by atoms with Gasteiger partial charge in [0.15, 0.2) is 0 Å². The minimum absolute atomic E-state index is 0.135. The van der Waals surface area contributed by atoms with E-state index in [0.29, 0.717) is 12.8 Å². The van der Waals surface area contributed by atoms with Crippen LogP contribution in [0, 0.1) is 5.82 Å². The maximum Gasteiger partial charge on any atom is 0.222 e. The fourth-order valence-electron chi connectivity index (χ4n) is 2.73. The summed E-state index contributed by atoms with van der Waals surface area (Å²) in [6.45, 7) is 4.06. The van der Waals surface area contributed by atoms with Gasteiger partial charge in [-0.15, -0.1) is 0 Å². The van der Waals surface area contributed by atoms with Crippen LogP contribution in [-0.2, 0) is 11.2 Å². The van der Waals surface area contributed by atoms with Crippen molar-refractivity contribution in [2.45, 2.75) is 32.1 Å². The molecule has 1 amide bonds. The van der Waals surface area contributed by atoms with Gasteiger partial charge in [0, 0.05) is 26.6 Å². The third-order valence-corrected chi connectivity index (χ3v) is 4.14. The van der Waals surface area contributed by atoms with Gasteiger partial charge in [0.2, 0.25) is 5.91 Å². The second-order valence-electron chi connectivity index (χ2n) is 5.85. The largest absolute Gasteiger partial charge is 0.344 e. The predicted molar refractivity (Wildman–Crippen MR) is 82.6 cm³/mol. The minimum Gasteiger partial charge on any atom is -0.344 e. The van der Waals surface area contributed by atoms with Crippen LogP contribution in [0.4, 0.5) is 4.39 Å². The van der Waals surface area contributed by atoms with Crippen molar-refractivity contribution >= 4 is 5.91 Å². The van der Waals surface area contributed by atoms with Gasteiger partial charge >= 0.3 is 0 Å². The highest BCUT2D eigenvalue weighted by atomic mass is 19.1. The first kappa shape index (κ1) is 16.0. The van der Waals surface area contributed by atoms with Crippen LogP contribution >= 0.6 is 0 Å². The zero-order valence-corrected chi connectivity index (χ0v) is 12.9. The molecule has 2 rings (SSSR count). The van der Waals surface area contributed by atoms with Gasteiger partial charge in [-0.3, -0.25) is 4.79 Å². The number of carbonyl (C=O) groups is 1. The van der Waals surface area contributed by atoms with Crippen molar-refractivity contribution in [1.29, 1.82) is 0 Å². The first-order chi connectivity index (χ1) is 10.1. The Morgan fingerprint density at radius 1 is 1.29 bits per heavy atom. The van der Waals surface area contributed by atoms with Gasteiger partial charge in [-0.25, -0.2) is 4.39 Å².